The molecule has 0 aromatic carbocycles. The Kier molecular flexibility index (Phi) is 11.8. The zero-order chi connectivity index (χ0) is 14.7. The average molecular weight is 269 g/mol. The van der Waals surface area contributed by atoms with Crippen molar-refractivity contribution in [2.24, 2.45) is 23.7 Å². The molecular formula is C19H40. The zero-order valence-corrected chi connectivity index (χ0v) is 14.7. The summed E-state index contributed by atoms with van der Waals surface area (Å²) < 4.78 is 0. The van der Waals surface area contributed by atoms with E-state index in [-0.39, 0.29) is 0 Å². The van der Waals surface area contributed by atoms with Crippen molar-refractivity contribution in [3.63, 3.8) is 0 Å². The SMILES string of the molecule is CCCCCCCCC(C)C(CC(C)CC)C(C)C. The Hall–Kier alpha value is 0. The highest BCUT2D eigenvalue weighted by atomic mass is 14.3. The standard InChI is InChI=1S/C19H40/c1-7-9-10-11-12-13-14-18(6)19(16(3)4)15-17(5)8-2/h16-19H,7-15H2,1-6H3. The molecular weight excluding hydrogens is 228 g/mol. The molecule has 0 amide bonds. The quantitative estimate of drug-likeness (QED) is 0.332. The molecule has 0 saturated carbocycles. The molecule has 0 bridgehead atoms. The molecule has 0 aromatic heterocycles. The molecule has 0 heteroatoms. The molecule has 0 spiro atoms. The molecule has 0 N–H and O–H groups in total. The maximum Gasteiger partial charge on any atom is -0.0363 e. The van der Waals surface area contributed by atoms with Crippen LogP contribution in [0, 0.1) is 23.7 Å². The van der Waals surface area contributed by atoms with Gasteiger partial charge in [0.2, 0.25) is 0 Å². The molecule has 3 unspecified atom stereocenters. The van der Waals surface area contributed by atoms with Crippen molar-refractivity contribution < 1.29 is 0 Å². The van der Waals surface area contributed by atoms with Gasteiger partial charge in [0.25, 0.3) is 0 Å². The van der Waals surface area contributed by atoms with Gasteiger partial charge in [-0.2, -0.15) is 0 Å². The fourth-order valence-electron chi connectivity index (χ4n) is 3.25. The second-order valence-electron chi connectivity index (χ2n) is 7.19. The third-order valence-corrected chi connectivity index (χ3v) is 4.97. The smallest absolute Gasteiger partial charge is 0.0363 e. The highest BCUT2D eigenvalue weighted by molar-refractivity contribution is 4.72. The summed E-state index contributed by atoms with van der Waals surface area (Å²) in [6, 6.07) is 0. The highest BCUT2D eigenvalue weighted by Gasteiger charge is 2.22. The van der Waals surface area contributed by atoms with E-state index < -0.39 is 0 Å². The van der Waals surface area contributed by atoms with E-state index in [1.165, 1.54) is 57.8 Å². The van der Waals surface area contributed by atoms with Crippen molar-refractivity contribution in [1.82, 2.24) is 0 Å². The van der Waals surface area contributed by atoms with Gasteiger partial charge < -0.3 is 0 Å². The molecule has 0 heterocycles. The van der Waals surface area contributed by atoms with Gasteiger partial charge in [-0.3, -0.25) is 0 Å². The Bertz CT molecular complexity index is 182. The van der Waals surface area contributed by atoms with Crippen molar-refractivity contribution in [3.8, 4) is 0 Å². The van der Waals surface area contributed by atoms with Crippen molar-refractivity contribution >= 4 is 0 Å². The maximum absolute atomic E-state index is 2.50. The molecule has 0 radical (unpaired) electrons. The number of unbranched alkanes of at least 4 members (excludes halogenated alkanes) is 5. The van der Waals surface area contributed by atoms with Crippen LogP contribution in [0.1, 0.15) is 99.3 Å². The molecule has 116 valence electrons. The first-order valence-corrected chi connectivity index (χ1v) is 9.02. The number of rotatable bonds is 12. The van der Waals surface area contributed by atoms with Gasteiger partial charge in [0.05, 0.1) is 0 Å². The van der Waals surface area contributed by atoms with Crippen LogP contribution in [-0.2, 0) is 0 Å². The molecule has 0 rings (SSSR count). The largest absolute Gasteiger partial charge is 0.0654 e. The van der Waals surface area contributed by atoms with Crippen molar-refractivity contribution in [2.45, 2.75) is 99.3 Å². The van der Waals surface area contributed by atoms with Crippen LogP contribution in [0.5, 0.6) is 0 Å². The van der Waals surface area contributed by atoms with E-state index in [1.54, 1.807) is 0 Å². The topological polar surface area (TPSA) is 0 Å². The Morgan fingerprint density at radius 3 is 1.84 bits per heavy atom. The summed E-state index contributed by atoms with van der Waals surface area (Å²) in [5.41, 5.74) is 0. The van der Waals surface area contributed by atoms with Crippen LogP contribution < -0.4 is 0 Å². The third kappa shape index (κ3) is 9.52. The van der Waals surface area contributed by atoms with E-state index in [9.17, 15) is 0 Å². The van der Waals surface area contributed by atoms with Crippen LogP contribution in [0.3, 0.4) is 0 Å². The Balaban J connectivity index is 3.88. The molecule has 0 fully saturated rings. The summed E-state index contributed by atoms with van der Waals surface area (Å²) in [4.78, 5) is 0. The van der Waals surface area contributed by atoms with E-state index in [1.807, 2.05) is 0 Å². The van der Waals surface area contributed by atoms with Crippen LogP contribution in [0.25, 0.3) is 0 Å². The second kappa shape index (κ2) is 11.8. The number of hydrogen-bond acceptors (Lipinski definition) is 0. The van der Waals surface area contributed by atoms with Crippen molar-refractivity contribution in [2.75, 3.05) is 0 Å². The van der Waals surface area contributed by atoms with Crippen LogP contribution in [0.15, 0.2) is 0 Å². The maximum atomic E-state index is 2.50. The lowest BCUT2D eigenvalue weighted by Crippen LogP contribution is -2.20. The van der Waals surface area contributed by atoms with Gasteiger partial charge in [-0.25, -0.2) is 0 Å². The molecule has 0 aliphatic heterocycles. The Morgan fingerprint density at radius 2 is 1.32 bits per heavy atom. The van der Waals surface area contributed by atoms with Gasteiger partial charge in [0, 0.05) is 0 Å². The number of hydrogen-bond donors (Lipinski definition) is 0. The summed E-state index contributed by atoms with van der Waals surface area (Å²) >= 11 is 0. The van der Waals surface area contributed by atoms with Gasteiger partial charge >= 0.3 is 0 Å². The van der Waals surface area contributed by atoms with E-state index in [4.69, 9.17) is 0 Å². The summed E-state index contributed by atoms with van der Waals surface area (Å²) in [6.45, 7) is 14.4. The fourth-order valence-corrected chi connectivity index (χ4v) is 3.25. The lowest BCUT2D eigenvalue weighted by molar-refractivity contribution is 0.206. The average Bonchev–Trinajstić information content (AvgIpc) is 2.38. The molecule has 0 aliphatic rings. The van der Waals surface area contributed by atoms with Gasteiger partial charge in [-0.1, -0.05) is 92.9 Å². The Labute approximate surface area is 123 Å². The first-order valence-electron chi connectivity index (χ1n) is 9.02. The van der Waals surface area contributed by atoms with Gasteiger partial charge in [-0.05, 0) is 30.1 Å². The lowest BCUT2D eigenvalue weighted by atomic mass is 9.76. The molecule has 3 atom stereocenters. The molecule has 19 heavy (non-hydrogen) atoms. The predicted octanol–water partition coefficient (Wildman–Crippen LogP) is 7.08. The van der Waals surface area contributed by atoms with Gasteiger partial charge in [0.15, 0.2) is 0 Å². The van der Waals surface area contributed by atoms with E-state index in [0.29, 0.717) is 0 Å². The zero-order valence-electron chi connectivity index (χ0n) is 14.7. The normalized spacial score (nSPS) is 16.6. The van der Waals surface area contributed by atoms with E-state index in [2.05, 4.69) is 41.5 Å². The minimum atomic E-state index is 0.851. The Morgan fingerprint density at radius 1 is 0.737 bits per heavy atom. The van der Waals surface area contributed by atoms with Crippen LogP contribution in [-0.4, -0.2) is 0 Å². The summed E-state index contributed by atoms with van der Waals surface area (Å²) in [7, 11) is 0. The van der Waals surface area contributed by atoms with E-state index in [0.717, 1.165) is 23.7 Å². The van der Waals surface area contributed by atoms with Crippen molar-refractivity contribution in [3.05, 3.63) is 0 Å². The van der Waals surface area contributed by atoms with Crippen LogP contribution >= 0.6 is 0 Å². The van der Waals surface area contributed by atoms with Crippen LogP contribution in [0.4, 0.5) is 0 Å². The predicted molar refractivity (Wildman–Crippen MR) is 89.6 cm³/mol. The molecule has 0 aromatic rings. The fraction of sp³-hybridized carbons (Fsp3) is 1.00. The van der Waals surface area contributed by atoms with Crippen LogP contribution in [0.2, 0.25) is 0 Å². The molecule has 0 saturated heterocycles. The monoisotopic (exact) mass is 268 g/mol. The first kappa shape index (κ1) is 19.0. The van der Waals surface area contributed by atoms with E-state index >= 15 is 0 Å². The minimum Gasteiger partial charge on any atom is -0.0654 e. The van der Waals surface area contributed by atoms with Gasteiger partial charge in [-0.15, -0.1) is 0 Å². The minimum absolute atomic E-state index is 0.851. The summed E-state index contributed by atoms with van der Waals surface area (Å²) in [5, 5.41) is 0. The second-order valence-corrected chi connectivity index (χ2v) is 7.19. The third-order valence-electron chi connectivity index (χ3n) is 4.97. The summed E-state index contributed by atoms with van der Waals surface area (Å²) in [6.07, 6.45) is 12.8. The van der Waals surface area contributed by atoms with Gasteiger partial charge in [0.1, 0.15) is 0 Å². The lowest BCUT2D eigenvalue weighted by Gasteiger charge is -2.30. The highest BCUT2D eigenvalue weighted by Crippen LogP contribution is 2.32. The molecule has 0 nitrogen and oxygen atoms in total. The molecule has 0 aliphatic carbocycles. The first-order chi connectivity index (χ1) is 9.02. The van der Waals surface area contributed by atoms with Crippen molar-refractivity contribution in [1.29, 1.82) is 0 Å². The summed E-state index contributed by atoms with van der Waals surface area (Å²) in [5.74, 6) is 3.61.